The molecule has 1 aliphatic heterocycles. The summed E-state index contributed by atoms with van der Waals surface area (Å²) in [6, 6.07) is 13.0. The van der Waals surface area contributed by atoms with E-state index in [1.54, 1.807) is 24.3 Å². The summed E-state index contributed by atoms with van der Waals surface area (Å²) in [6.45, 7) is 0. The highest BCUT2D eigenvalue weighted by Crippen LogP contribution is 2.28. The minimum atomic E-state index is -2.51. The standard InChI is InChI=1S/C16H14F2N2O/c17-16(18)11-2-1-3-13(8-11)21-12-6-4-10(5-7-12)15(19)14-9-20-14/h1-9,15-16,20H,19H2. The Morgan fingerprint density at radius 1 is 0.952 bits per heavy atom. The molecule has 3 N–H and O–H groups in total. The van der Waals surface area contributed by atoms with Crippen molar-refractivity contribution in [3.63, 3.8) is 0 Å². The lowest BCUT2D eigenvalue weighted by atomic mass is 10.1. The summed E-state index contributed by atoms with van der Waals surface area (Å²) in [7, 11) is 0. The normalized spacial score (nSPS) is 14.4. The van der Waals surface area contributed by atoms with Crippen molar-refractivity contribution in [2.24, 2.45) is 5.73 Å². The first-order chi connectivity index (χ1) is 10.1. The van der Waals surface area contributed by atoms with Crippen LogP contribution in [0.2, 0.25) is 0 Å². The molecular formula is C16H14F2N2O. The molecule has 0 aliphatic carbocycles. The van der Waals surface area contributed by atoms with Crippen LogP contribution in [0, 0.1) is 0 Å². The number of nitrogens with two attached hydrogens (primary N) is 1. The highest BCUT2D eigenvalue weighted by atomic mass is 19.3. The van der Waals surface area contributed by atoms with Gasteiger partial charge in [-0.1, -0.05) is 24.3 Å². The smallest absolute Gasteiger partial charge is 0.263 e. The van der Waals surface area contributed by atoms with Gasteiger partial charge in [0.05, 0.1) is 11.7 Å². The van der Waals surface area contributed by atoms with Crippen LogP contribution in [-0.2, 0) is 0 Å². The van der Waals surface area contributed by atoms with E-state index in [2.05, 4.69) is 5.32 Å². The fourth-order valence-corrected chi connectivity index (χ4v) is 1.99. The van der Waals surface area contributed by atoms with Crippen LogP contribution in [0.15, 0.2) is 60.4 Å². The second-order valence-electron chi connectivity index (χ2n) is 4.77. The molecule has 0 fully saturated rings. The van der Waals surface area contributed by atoms with E-state index in [0.717, 1.165) is 11.3 Å². The Hall–Kier alpha value is -2.40. The van der Waals surface area contributed by atoms with Crippen LogP contribution < -0.4 is 15.8 Å². The minimum absolute atomic E-state index is 0.0575. The highest BCUT2D eigenvalue weighted by Gasteiger charge is 2.17. The summed E-state index contributed by atoms with van der Waals surface area (Å²) in [6.07, 6.45) is -0.654. The molecule has 0 spiro atoms. The van der Waals surface area contributed by atoms with Crippen LogP contribution in [0.4, 0.5) is 8.78 Å². The Labute approximate surface area is 121 Å². The van der Waals surface area contributed by atoms with E-state index in [0.29, 0.717) is 11.5 Å². The van der Waals surface area contributed by atoms with Gasteiger partial charge in [-0.05, 0) is 29.8 Å². The Morgan fingerprint density at radius 2 is 1.67 bits per heavy atom. The fourth-order valence-electron chi connectivity index (χ4n) is 1.99. The minimum Gasteiger partial charge on any atom is -0.457 e. The molecule has 108 valence electrons. The number of alkyl halides is 2. The van der Waals surface area contributed by atoms with E-state index in [-0.39, 0.29) is 11.6 Å². The summed E-state index contributed by atoms with van der Waals surface area (Å²) in [4.78, 5) is 0. The molecule has 0 amide bonds. The molecule has 2 aromatic carbocycles. The maximum Gasteiger partial charge on any atom is 0.263 e. The molecule has 0 bridgehead atoms. The first-order valence-corrected chi connectivity index (χ1v) is 6.51. The van der Waals surface area contributed by atoms with Gasteiger partial charge >= 0.3 is 0 Å². The second kappa shape index (κ2) is 5.54. The van der Waals surface area contributed by atoms with Crippen LogP contribution in [0.5, 0.6) is 11.5 Å². The van der Waals surface area contributed by atoms with Gasteiger partial charge in [0.25, 0.3) is 6.43 Å². The van der Waals surface area contributed by atoms with Gasteiger partial charge in [-0.15, -0.1) is 0 Å². The van der Waals surface area contributed by atoms with E-state index in [9.17, 15) is 8.78 Å². The molecule has 2 aromatic rings. The molecule has 1 unspecified atom stereocenters. The van der Waals surface area contributed by atoms with Crippen LogP contribution in [0.1, 0.15) is 23.6 Å². The summed E-state index contributed by atoms with van der Waals surface area (Å²) >= 11 is 0. The number of hydrogen-bond acceptors (Lipinski definition) is 3. The molecular weight excluding hydrogens is 274 g/mol. The van der Waals surface area contributed by atoms with Crippen molar-refractivity contribution < 1.29 is 13.5 Å². The average Bonchev–Trinajstić information content (AvgIpc) is 3.32. The van der Waals surface area contributed by atoms with Crippen molar-refractivity contribution in [2.45, 2.75) is 12.5 Å². The molecule has 1 aliphatic rings. The molecule has 21 heavy (non-hydrogen) atoms. The first-order valence-electron chi connectivity index (χ1n) is 6.51. The monoisotopic (exact) mass is 288 g/mol. The number of benzene rings is 2. The van der Waals surface area contributed by atoms with Gasteiger partial charge < -0.3 is 15.8 Å². The first kappa shape index (κ1) is 13.6. The predicted molar refractivity (Wildman–Crippen MR) is 76.1 cm³/mol. The fraction of sp³-hybridized carbons (Fsp3) is 0.125. The average molecular weight is 288 g/mol. The molecule has 3 rings (SSSR count). The zero-order chi connectivity index (χ0) is 14.8. The topological polar surface area (TPSA) is 57.2 Å². The number of hydrogen-bond donors (Lipinski definition) is 2. The number of rotatable bonds is 5. The van der Waals surface area contributed by atoms with Crippen molar-refractivity contribution in [3.05, 3.63) is 71.6 Å². The summed E-state index contributed by atoms with van der Waals surface area (Å²) in [5.41, 5.74) is 7.90. The maximum absolute atomic E-state index is 12.6. The predicted octanol–water partition coefficient (Wildman–Crippen LogP) is 3.86. The van der Waals surface area contributed by atoms with Crippen molar-refractivity contribution in [1.29, 1.82) is 0 Å². The molecule has 0 radical (unpaired) electrons. The van der Waals surface area contributed by atoms with Gasteiger partial charge in [0.15, 0.2) is 0 Å². The third-order valence-corrected chi connectivity index (χ3v) is 3.23. The molecule has 0 saturated heterocycles. The lowest BCUT2D eigenvalue weighted by Gasteiger charge is -2.10. The zero-order valence-electron chi connectivity index (χ0n) is 11.1. The van der Waals surface area contributed by atoms with Gasteiger partial charge in [0.2, 0.25) is 0 Å². The van der Waals surface area contributed by atoms with Crippen molar-refractivity contribution in [2.75, 3.05) is 0 Å². The third kappa shape index (κ3) is 3.20. The maximum atomic E-state index is 12.6. The van der Waals surface area contributed by atoms with E-state index in [1.807, 2.05) is 18.3 Å². The molecule has 3 nitrogen and oxygen atoms in total. The van der Waals surface area contributed by atoms with Gasteiger partial charge in [0, 0.05) is 11.8 Å². The van der Waals surface area contributed by atoms with Crippen LogP contribution >= 0.6 is 0 Å². The van der Waals surface area contributed by atoms with E-state index in [4.69, 9.17) is 10.5 Å². The Balaban J connectivity index is 1.72. The molecule has 1 heterocycles. The van der Waals surface area contributed by atoms with E-state index < -0.39 is 6.43 Å². The second-order valence-corrected chi connectivity index (χ2v) is 4.77. The van der Waals surface area contributed by atoms with Crippen LogP contribution in [0.3, 0.4) is 0 Å². The highest BCUT2D eigenvalue weighted by molar-refractivity contribution is 5.39. The summed E-state index contributed by atoms with van der Waals surface area (Å²) in [5, 5.41) is 2.97. The number of halogens is 2. The number of nitrogens with one attached hydrogen (secondary N) is 1. The molecule has 0 aromatic heterocycles. The van der Waals surface area contributed by atoms with Gasteiger partial charge in [0.1, 0.15) is 11.5 Å². The van der Waals surface area contributed by atoms with Crippen LogP contribution in [0.25, 0.3) is 0 Å². The van der Waals surface area contributed by atoms with Crippen LogP contribution in [-0.4, -0.2) is 0 Å². The summed E-state index contributed by atoms with van der Waals surface area (Å²) in [5.74, 6) is 0.964. The quantitative estimate of drug-likeness (QED) is 0.878. The Bertz CT molecular complexity index is 668. The molecule has 1 atom stereocenters. The van der Waals surface area contributed by atoms with E-state index in [1.165, 1.54) is 12.1 Å². The number of ether oxygens (including phenoxy) is 1. The Morgan fingerprint density at radius 3 is 2.29 bits per heavy atom. The lowest BCUT2D eigenvalue weighted by Crippen LogP contribution is -2.11. The van der Waals surface area contributed by atoms with Gasteiger partial charge in [-0.3, -0.25) is 0 Å². The molecule has 0 saturated carbocycles. The molecule has 5 heteroatoms. The Kier molecular flexibility index (Phi) is 3.58. The zero-order valence-corrected chi connectivity index (χ0v) is 11.1. The van der Waals surface area contributed by atoms with Crippen molar-refractivity contribution >= 4 is 0 Å². The van der Waals surface area contributed by atoms with E-state index >= 15 is 0 Å². The van der Waals surface area contributed by atoms with Gasteiger partial charge in [-0.25, -0.2) is 8.78 Å². The SMILES string of the molecule is NC(C1=CN1)c1ccc(Oc2cccc(C(F)F)c2)cc1. The van der Waals surface area contributed by atoms with Crippen molar-refractivity contribution in [3.8, 4) is 11.5 Å². The lowest BCUT2D eigenvalue weighted by molar-refractivity contribution is 0.151. The summed E-state index contributed by atoms with van der Waals surface area (Å²) < 4.78 is 30.8. The van der Waals surface area contributed by atoms with Crippen molar-refractivity contribution in [1.82, 2.24) is 5.32 Å². The largest absolute Gasteiger partial charge is 0.457 e. The van der Waals surface area contributed by atoms with Gasteiger partial charge in [-0.2, -0.15) is 0 Å². The third-order valence-electron chi connectivity index (χ3n) is 3.23.